The summed E-state index contributed by atoms with van der Waals surface area (Å²) in [6.07, 6.45) is 0.901. The predicted molar refractivity (Wildman–Crippen MR) is 79.2 cm³/mol. The number of hydrogen-bond acceptors (Lipinski definition) is 2. The number of rotatable bonds is 4. The van der Waals surface area contributed by atoms with Crippen molar-refractivity contribution in [1.29, 1.82) is 5.26 Å². The van der Waals surface area contributed by atoms with Gasteiger partial charge in [0.1, 0.15) is 0 Å². The first kappa shape index (κ1) is 13.8. The molecule has 3 heteroatoms. The first-order valence-electron chi connectivity index (χ1n) is 6.64. The molecule has 100 valence electrons. The molecule has 0 heterocycles. The normalized spacial score (nSPS) is 9.80. The number of hydrogen-bond donors (Lipinski definition) is 1. The van der Waals surface area contributed by atoms with Crippen molar-refractivity contribution >= 4 is 5.91 Å². The Bertz CT molecular complexity index is 656. The zero-order chi connectivity index (χ0) is 14.4. The Balaban J connectivity index is 2.41. The van der Waals surface area contributed by atoms with Crippen molar-refractivity contribution in [2.24, 2.45) is 0 Å². The van der Waals surface area contributed by atoms with Crippen LogP contribution in [-0.4, -0.2) is 12.5 Å². The van der Waals surface area contributed by atoms with E-state index in [-0.39, 0.29) is 5.91 Å². The minimum absolute atomic E-state index is 0.0789. The summed E-state index contributed by atoms with van der Waals surface area (Å²) in [5.74, 6) is -0.0789. The third-order valence-corrected chi connectivity index (χ3v) is 3.01. The average Bonchev–Trinajstić information content (AvgIpc) is 2.52. The molecule has 0 atom stereocenters. The maximum atomic E-state index is 12.2. The lowest BCUT2D eigenvalue weighted by Gasteiger charge is -2.10. The molecule has 0 unspecified atom stereocenters. The van der Waals surface area contributed by atoms with Gasteiger partial charge < -0.3 is 5.32 Å². The van der Waals surface area contributed by atoms with Crippen LogP contribution in [-0.2, 0) is 0 Å². The number of benzene rings is 2. The summed E-state index contributed by atoms with van der Waals surface area (Å²) in [7, 11) is 0. The largest absolute Gasteiger partial charge is 0.352 e. The van der Waals surface area contributed by atoms with Crippen molar-refractivity contribution in [3.63, 3.8) is 0 Å². The van der Waals surface area contributed by atoms with E-state index in [1.807, 2.05) is 37.3 Å². The van der Waals surface area contributed by atoms with Crippen LogP contribution in [0.2, 0.25) is 0 Å². The lowest BCUT2D eigenvalue weighted by Crippen LogP contribution is -2.24. The van der Waals surface area contributed by atoms with Crippen LogP contribution in [0.25, 0.3) is 11.1 Å². The molecule has 0 spiro atoms. The third-order valence-electron chi connectivity index (χ3n) is 3.01. The highest BCUT2D eigenvalue weighted by Gasteiger charge is 2.11. The van der Waals surface area contributed by atoms with E-state index < -0.39 is 0 Å². The zero-order valence-corrected chi connectivity index (χ0v) is 11.4. The molecule has 0 aliphatic rings. The number of amides is 1. The molecule has 0 saturated heterocycles. The van der Waals surface area contributed by atoms with Gasteiger partial charge in [-0.2, -0.15) is 5.26 Å². The van der Waals surface area contributed by atoms with Crippen molar-refractivity contribution in [2.75, 3.05) is 6.54 Å². The summed E-state index contributed by atoms with van der Waals surface area (Å²) in [5, 5.41) is 11.9. The maximum absolute atomic E-state index is 12.2. The van der Waals surface area contributed by atoms with Gasteiger partial charge in [-0.3, -0.25) is 4.79 Å². The first-order chi connectivity index (χ1) is 9.76. The fourth-order valence-corrected chi connectivity index (χ4v) is 2.02. The van der Waals surface area contributed by atoms with Gasteiger partial charge in [0.2, 0.25) is 0 Å². The fraction of sp³-hybridized carbons (Fsp3) is 0.176. The predicted octanol–water partition coefficient (Wildman–Crippen LogP) is 3.37. The smallest absolute Gasteiger partial charge is 0.251 e. The van der Waals surface area contributed by atoms with E-state index >= 15 is 0 Å². The molecule has 1 amide bonds. The van der Waals surface area contributed by atoms with Crippen molar-refractivity contribution in [2.45, 2.75) is 13.3 Å². The molecule has 2 aromatic carbocycles. The number of nitrogens with zero attached hydrogens (tertiary/aromatic N) is 1. The van der Waals surface area contributed by atoms with E-state index in [1.54, 1.807) is 18.2 Å². The first-order valence-corrected chi connectivity index (χ1v) is 6.64. The highest BCUT2D eigenvalue weighted by atomic mass is 16.1. The Morgan fingerprint density at radius 3 is 2.75 bits per heavy atom. The Morgan fingerprint density at radius 1 is 1.20 bits per heavy atom. The molecule has 20 heavy (non-hydrogen) atoms. The van der Waals surface area contributed by atoms with E-state index in [4.69, 9.17) is 5.26 Å². The number of nitrogens with one attached hydrogen (secondary N) is 1. The topological polar surface area (TPSA) is 52.9 Å². The van der Waals surface area contributed by atoms with Crippen LogP contribution in [0.4, 0.5) is 0 Å². The number of carbonyl (C=O) groups excluding carboxylic acids is 1. The second kappa shape index (κ2) is 6.53. The highest BCUT2D eigenvalue weighted by Crippen LogP contribution is 2.24. The lowest BCUT2D eigenvalue weighted by molar-refractivity contribution is 0.0954. The van der Waals surface area contributed by atoms with Gasteiger partial charge in [-0.25, -0.2) is 0 Å². The summed E-state index contributed by atoms with van der Waals surface area (Å²) < 4.78 is 0. The van der Waals surface area contributed by atoms with Crippen molar-refractivity contribution < 1.29 is 4.79 Å². The van der Waals surface area contributed by atoms with Crippen molar-refractivity contribution in [1.82, 2.24) is 5.32 Å². The van der Waals surface area contributed by atoms with Crippen molar-refractivity contribution in [3.05, 3.63) is 59.7 Å². The second-order valence-electron chi connectivity index (χ2n) is 4.49. The SMILES string of the molecule is CCCNC(=O)c1ccccc1-c1cccc(C#N)c1. The van der Waals surface area contributed by atoms with Gasteiger partial charge in [0, 0.05) is 12.1 Å². The van der Waals surface area contributed by atoms with Gasteiger partial charge >= 0.3 is 0 Å². The Labute approximate surface area is 118 Å². The molecular formula is C17H16N2O. The molecule has 2 aromatic rings. The molecule has 0 aliphatic heterocycles. The molecule has 0 bridgehead atoms. The second-order valence-corrected chi connectivity index (χ2v) is 4.49. The van der Waals surface area contributed by atoms with Gasteiger partial charge in [-0.15, -0.1) is 0 Å². The van der Waals surface area contributed by atoms with E-state index in [0.29, 0.717) is 17.7 Å². The van der Waals surface area contributed by atoms with Crippen LogP contribution < -0.4 is 5.32 Å². The summed E-state index contributed by atoms with van der Waals surface area (Å²) in [5.41, 5.74) is 2.95. The van der Waals surface area contributed by atoms with Gasteiger partial charge in [-0.05, 0) is 35.7 Å². The van der Waals surface area contributed by atoms with E-state index in [2.05, 4.69) is 11.4 Å². The molecule has 0 aliphatic carbocycles. The van der Waals surface area contributed by atoms with Gasteiger partial charge in [0.05, 0.1) is 11.6 Å². The average molecular weight is 264 g/mol. The van der Waals surface area contributed by atoms with Crippen molar-refractivity contribution in [3.8, 4) is 17.2 Å². The molecule has 0 saturated carbocycles. The summed E-state index contributed by atoms with van der Waals surface area (Å²) in [6.45, 7) is 2.67. The number of carbonyl (C=O) groups is 1. The van der Waals surface area contributed by atoms with E-state index in [0.717, 1.165) is 17.5 Å². The van der Waals surface area contributed by atoms with Gasteiger partial charge in [0.25, 0.3) is 5.91 Å². The van der Waals surface area contributed by atoms with E-state index in [9.17, 15) is 4.79 Å². The fourth-order valence-electron chi connectivity index (χ4n) is 2.02. The van der Waals surface area contributed by atoms with Crippen LogP contribution in [0.15, 0.2) is 48.5 Å². The maximum Gasteiger partial charge on any atom is 0.251 e. The summed E-state index contributed by atoms with van der Waals surface area (Å²) in [6, 6.07) is 16.9. The quantitative estimate of drug-likeness (QED) is 0.920. The molecule has 2 rings (SSSR count). The third kappa shape index (κ3) is 3.04. The summed E-state index contributed by atoms with van der Waals surface area (Å²) in [4.78, 5) is 12.2. The zero-order valence-electron chi connectivity index (χ0n) is 11.4. The minimum Gasteiger partial charge on any atom is -0.352 e. The van der Waals surface area contributed by atoms with Crippen LogP contribution in [0.1, 0.15) is 29.3 Å². The molecular weight excluding hydrogens is 248 g/mol. The monoisotopic (exact) mass is 264 g/mol. The highest BCUT2D eigenvalue weighted by molar-refractivity contribution is 6.00. The molecule has 0 aromatic heterocycles. The van der Waals surface area contributed by atoms with Crippen LogP contribution in [0, 0.1) is 11.3 Å². The standard InChI is InChI=1S/C17H16N2O/c1-2-10-19-17(20)16-9-4-3-8-15(16)14-7-5-6-13(11-14)12-18/h3-9,11H,2,10H2,1H3,(H,19,20). The van der Waals surface area contributed by atoms with Gasteiger partial charge in [-0.1, -0.05) is 37.3 Å². The molecule has 0 fully saturated rings. The Kier molecular flexibility index (Phi) is 4.52. The molecule has 0 radical (unpaired) electrons. The van der Waals surface area contributed by atoms with Gasteiger partial charge in [0.15, 0.2) is 0 Å². The molecule has 3 nitrogen and oxygen atoms in total. The minimum atomic E-state index is -0.0789. The summed E-state index contributed by atoms with van der Waals surface area (Å²) >= 11 is 0. The van der Waals surface area contributed by atoms with E-state index in [1.165, 1.54) is 0 Å². The van der Waals surface area contributed by atoms with Crippen LogP contribution in [0.3, 0.4) is 0 Å². The van der Waals surface area contributed by atoms with Crippen LogP contribution >= 0.6 is 0 Å². The van der Waals surface area contributed by atoms with Crippen LogP contribution in [0.5, 0.6) is 0 Å². The Morgan fingerprint density at radius 2 is 2.00 bits per heavy atom. The molecule has 1 N–H and O–H groups in total. The Hall–Kier alpha value is -2.60. The number of nitriles is 1. The lowest BCUT2D eigenvalue weighted by atomic mass is 9.98.